The Balaban J connectivity index is 1.51. The summed E-state index contributed by atoms with van der Waals surface area (Å²) in [5, 5.41) is 3.02. The van der Waals surface area contributed by atoms with Gasteiger partial charge >= 0.3 is 0 Å². The fourth-order valence-electron chi connectivity index (χ4n) is 2.92. The third-order valence-corrected chi connectivity index (χ3v) is 4.15. The zero-order valence-corrected chi connectivity index (χ0v) is 13.7. The Kier molecular flexibility index (Phi) is 4.07. The average molecular weight is 345 g/mol. The molecule has 0 spiro atoms. The summed E-state index contributed by atoms with van der Waals surface area (Å²) in [7, 11) is 0. The smallest absolute Gasteiger partial charge is 0.269 e. The fourth-order valence-corrected chi connectivity index (χ4v) is 2.92. The normalized spacial score (nSPS) is 10.8. The molecule has 2 aromatic carbocycles. The number of nitrogens with one attached hydrogen (secondary N) is 2. The van der Waals surface area contributed by atoms with Crippen LogP contribution >= 0.6 is 0 Å². The van der Waals surface area contributed by atoms with Crippen LogP contribution in [-0.4, -0.2) is 16.8 Å². The van der Waals surface area contributed by atoms with Gasteiger partial charge in [0, 0.05) is 28.9 Å². The molecule has 2 aromatic heterocycles. The Morgan fingerprint density at radius 3 is 2.62 bits per heavy atom. The lowest BCUT2D eigenvalue weighted by Gasteiger charge is -2.07. The van der Waals surface area contributed by atoms with Crippen molar-refractivity contribution in [3.8, 4) is 0 Å². The third-order valence-electron chi connectivity index (χ3n) is 4.15. The third kappa shape index (κ3) is 3.00. The lowest BCUT2D eigenvalue weighted by atomic mass is 10.0. The first-order valence-corrected chi connectivity index (χ1v) is 8.09. The molecule has 6 nitrogen and oxygen atoms in total. The molecule has 26 heavy (non-hydrogen) atoms. The largest absolute Gasteiger partial charge is 0.464 e. The van der Waals surface area contributed by atoms with Crippen LogP contribution in [0.3, 0.4) is 0 Å². The standard InChI is InChI=1S/C20H15N3O3/c24-18(22-23-20(25)14-7-9-21-10-8-14)11-15-12-26-17-6-5-13-3-1-2-4-16(13)19(15)17/h1-10,12H,11H2,(H,22,24)(H,23,25). The van der Waals surface area contributed by atoms with Gasteiger partial charge in [0.2, 0.25) is 5.91 Å². The van der Waals surface area contributed by atoms with Crippen LogP contribution in [0, 0.1) is 0 Å². The first kappa shape index (κ1) is 15.8. The van der Waals surface area contributed by atoms with Gasteiger partial charge in [0.05, 0.1) is 12.7 Å². The van der Waals surface area contributed by atoms with E-state index in [1.165, 1.54) is 12.4 Å². The van der Waals surface area contributed by atoms with Gasteiger partial charge in [0.1, 0.15) is 5.58 Å². The zero-order chi connectivity index (χ0) is 17.9. The number of aromatic nitrogens is 1. The Morgan fingerprint density at radius 2 is 1.77 bits per heavy atom. The van der Waals surface area contributed by atoms with E-state index in [0.717, 1.165) is 27.3 Å². The highest BCUT2D eigenvalue weighted by atomic mass is 16.3. The van der Waals surface area contributed by atoms with Crippen molar-refractivity contribution in [2.45, 2.75) is 6.42 Å². The second-order valence-electron chi connectivity index (χ2n) is 5.84. The molecular weight excluding hydrogens is 330 g/mol. The minimum Gasteiger partial charge on any atom is -0.464 e. The molecule has 2 amide bonds. The summed E-state index contributed by atoms with van der Waals surface area (Å²) < 4.78 is 5.58. The maximum Gasteiger partial charge on any atom is 0.269 e. The van der Waals surface area contributed by atoms with Gasteiger partial charge in [-0.3, -0.25) is 25.4 Å². The van der Waals surface area contributed by atoms with Crippen molar-refractivity contribution in [3.05, 3.63) is 78.3 Å². The summed E-state index contributed by atoms with van der Waals surface area (Å²) in [5.74, 6) is -0.730. The van der Waals surface area contributed by atoms with Crippen molar-refractivity contribution >= 4 is 33.6 Å². The monoisotopic (exact) mass is 345 g/mol. The maximum atomic E-state index is 12.2. The molecule has 2 heterocycles. The Bertz CT molecular complexity index is 1100. The van der Waals surface area contributed by atoms with Crippen LogP contribution in [0.1, 0.15) is 15.9 Å². The molecule has 0 aliphatic carbocycles. The van der Waals surface area contributed by atoms with Crippen LogP contribution in [0.4, 0.5) is 0 Å². The zero-order valence-electron chi connectivity index (χ0n) is 13.7. The quantitative estimate of drug-likeness (QED) is 0.559. The highest BCUT2D eigenvalue weighted by Gasteiger charge is 2.14. The number of amides is 2. The molecule has 0 unspecified atom stereocenters. The van der Waals surface area contributed by atoms with Gasteiger partial charge in [0.15, 0.2) is 0 Å². The SMILES string of the molecule is O=C(Cc1coc2ccc3ccccc3c12)NNC(=O)c1ccncc1. The molecular formula is C20H15N3O3. The van der Waals surface area contributed by atoms with Crippen molar-refractivity contribution in [2.24, 2.45) is 0 Å². The molecule has 128 valence electrons. The summed E-state index contributed by atoms with van der Waals surface area (Å²) in [6.45, 7) is 0. The van der Waals surface area contributed by atoms with Gasteiger partial charge in [-0.2, -0.15) is 0 Å². The number of carbonyl (C=O) groups excluding carboxylic acids is 2. The second kappa shape index (κ2) is 6.68. The Morgan fingerprint density at radius 1 is 0.962 bits per heavy atom. The first-order valence-electron chi connectivity index (χ1n) is 8.09. The Labute approximate surface area is 148 Å². The summed E-state index contributed by atoms with van der Waals surface area (Å²) in [5.41, 5.74) is 6.75. The van der Waals surface area contributed by atoms with Gasteiger partial charge in [-0.1, -0.05) is 30.3 Å². The fraction of sp³-hybridized carbons (Fsp3) is 0.0500. The van der Waals surface area contributed by atoms with E-state index in [9.17, 15) is 9.59 Å². The summed E-state index contributed by atoms with van der Waals surface area (Å²) >= 11 is 0. The molecule has 0 radical (unpaired) electrons. The molecule has 0 aliphatic heterocycles. The summed E-state index contributed by atoms with van der Waals surface area (Å²) in [6.07, 6.45) is 4.71. The second-order valence-corrected chi connectivity index (χ2v) is 5.84. The number of nitrogens with zero attached hydrogens (tertiary/aromatic N) is 1. The van der Waals surface area contributed by atoms with Crippen LogP contribution in [0.2, 0.25) is 0 Å². The molecule has 0 saturated carbocycles. The predicted molar refractivity (Wildman–Crippen MR) is 97.3 cm³/mol. The molecule has 0 atom stereocenters. The number of carbonyl (C=O) groups is 2. The topological polar surface area (TPSA) is 84.2 Å². The van der Waals surface area contributed by atoms with E-state index in [4.69, 9.17) is 4.42 Å². The van der Waals surface area contributed by atoms with Crippen LogP contribution < -0.4 is 10.9 Å². The first-order chi connectivity index (χ1) is 12.7. The molecule has 0 aliphatic rings. The van der Waals surface area contributed by atoms with E-state index >= 15 is 0 Å². The number of hydrazine groups is 1. The van der Waals surface area contributed by atoms with E-state index < -0.39 is 5.91 Å². The molecule has 2 N–H and O–H groups in total. The summed E-state index contributed by atoms with van der Waals surface area (Å²) in [6, 6.07) is 14.9. The van der Waals surface area contributed by atoms with Gasteiger partial charge in [-0.05, 0) is 29.0 Å². The molecule has 0 bridgehead atoms. The van der Waals surface area contributed by atoms with E-state index in [2.05, 4.69) is 15.8 Å². The number of benzene rings is 2. The van der Waals surface area contributed by atoms with Crippen LogP contribution in [0.25, 0.3) is 21.7 Å². The van der Waals surface area contributed by atoms with Crippen molar-refractivity contribution in [1.29, 1.82) is 0 Å². The van der Waals surface area contributed by atoms with Crippen LogP contribution in [0.15, 0.2) is 71.6 Å². The lowest BCUT2D eigenvalue weighted by molar-refractivity contribution is -0.121. The van der Waals surface area contributed by atoms with Crippen LogP contribution in [0.5, 0.6) is 0 Å². The molecule has 0 saturated heterocycles. The average Bonchev–Trinajstić information content (AvgIpc) is 3.10. The molecule has 0 fully saturated rings. The van der Waals surface area contributed by atoms with E-state index in [1.54, 1.807) is 18.4 Å². The van der Waals surface area contributed by atoms with Gasteiger partial charge in [-0.15, -0.1) is 0 Å². The van der Waals surface area contributed by atoms with Crippen molar-refractivity contribution in [3.63, 3.8) is 0 Å². The highest BCUT2D eigenvalue weighted by Crippen LogP contribution is 2.29. The number of hydrogen-bond donors (Lipinski definition) is 2. The number of furan rings is 1. The van der Waals surface area contributed by atoms with E-state index in [0.29, 0.717) is 5.56 Å². The highest BCUT2D eigenvalue weighted by molar-refractivity contribution is 6.08. The molecule has 4 aromatic rings. The minimum absolute atomic E-state index is 0.0949. The van der Waals surface area contributed by atoms with E-state index in [-0.39, 0.29) is 12.3 Å². The maximum absolute atomic E-state index is 12.2. The van der Waals surface area contributed by atoms with Gasteiger partial charge in [0.25, 0.3) is 5.91 Å². The number of fused-ring (bicyclic) bond motifs is 3. The van der Waals surface area contributed by atoms with Gasteiger partial charge in [-0.25, -0.2) is 0 Å². The number of pyridine rings is 1. The van der Waals surface area contributed by atoms with Crippen molar-refractivity contribution < 1.29 is 14.0 Å². The van der Waals surface area contributed by atoms with Gasteiger partial charge < -0.3 is 4.42 Å². The molecule has 4 rings (SSSR count). The summed E-state index contributed by atoms with van der Waals surface area (Å²) in [4.78, 5) is 28.1. The lowest BCUT2D eigenvalue weighted by Crippen LogP contribution is -2.42. The number of hydrogen-bond acceptors (Lipinski definition) is 4. The Hall–Kier alpha value is -3.67. The number of rotatable bonds is 3. The van der Waals surface area contributed by atoms with Crippen LogP contribution in [-0.2, 0) is 11.2 Å². The van der Waals surface area contributed by atoms with Crippen molar-refractivity contribution in [2.75, 3.05) is 0 Å². The molecule has 6 heteroatoms. The minimum atomic E-state index is -0.400. The van der Waals surface area contributed by atoms with E-state index in [1.807, 2.05) is 36.4 Å². The van der Waals surface area contributed by atoms with Crippen molar-refractivity contribution in [1.82, 2.24) is 15.8 Å². The predicted octanol–water partition coefficient (Wildman–Crippen LogP) is 2.98.